The van der Waals surface area contributed by atoms with Gasteiger partial charge in [0.05, 0.1) is 12.0 Å². The van der Waals surface area contributed by atoms with Crippen molar-refractivity contribution in [1.29, 1.82) is 0 Å². The first-order valence-corrected chi connectivity index (χ1v) is 21.8. The molecule has 4 heterocycles. The van der Waals surface area contributed by atoms with Crippen LogP contribution in [0.25, 0.3) is 10.9 Å². The lowest BCUT2D eigenvalue weighted by atomic mass is 9.83. The molecule has 6 N–H and O–H groups in total. The predicted octanol–water partition coefficient (Wildman–Crippen LogP) is 6.32. The van der Waals surface area contributed by atoms with Crippen LogP contribution in [0.1, 0.15) is 92.5 Å². The van der Waals surface area contributed by atoms with E-state index in [9.17, 15) is 19.2 Å². The molecule has 63 heavy (non-hydrogen) atoms. The summed E-state index contributed by atoms with van der Waals surface area (Å²) in [6, 6.07) is 39.7. The van der Waals surface area contributed by atoms with Gasteiger partial charge in [-0.05, 0) is 113 Å². The van der Waals surface area contributed by atoms with Crippen molar-refractivity contribution < 1.29 is 28.5 Å². The Balaban J connectivity index is 0.857. The monoisotopic (exact) mass is 842 g/mol. The lowest BCUT2D eigenvalue weighted by molar-refractivity contribution is -0.146. The summed E-state index contributed by atoms with van der Waals surface area (Å²) in [5.41, 5.74) is 17.8. The van der Waals surface area contributed by atoms with Gasteiger partial charge in [0, 0.05) is 61.6 Å². The van der Waals surface area contributed by atoms with Gasteiger partial charge in [0.2, 0.25) is 5.91 Å². The minimum absolute atomic E-state index is 0.0354. The number of fused-ring (bicyclic) bond motifs is 1. The van der Waals surface area contributed by atoms with Crippen LogP contribution in [0.5, 0.6) is 0 Å². The second kappa shape index (κ2) is 18.1. The third-order valence-electron chi connectivity index (χ3n) is 12.9. The van der Waals surface area contributed by atoms with Crippen LogP contribution in [-0.4, -0.2) is 71.8 Å². The summed E-state index contributed by atoms with van der Waals surface area (Å²) >= 11 is 0. The summed E-state index contributed by atoms with van der Waals surface area (Å²) in [5, 5.41) is 3.66. The molecule has 5 aromatic carbocycles. The van der Waals surface area contributed by atoms with Crippen molar-refractivity contribution in [3.05, 3.63) is 166 Å². The van der Waals surface area contributed by atoms with Gasteiger partial charge in [-0.15, -0.1) is 0 Å². The summed E-state index contributed by atoms with van der Waals surface area (Å²) < 4.78 is 12.4. The number of amides is 3. The first-order chi connectivity index (χ1) is 30.7. The fourth-order valence-electron chi connectivity index (χ4n) is 9.40. The molecule has 1 aromatic heterocycles. The van der Waals surface area contributed by atoms with Crippen molar-refractivity contribution in [1.82, 2.24) is 14.8 Å². The second-order valence-electron chi connectivity index (χ2n) is 16.9. The Labute approximate surface area is 367 Å². The topological polar surface area (TPSA) is 173 Å². The van der Waals surface area contributed by atoms with Gasteiger partial charge < -0.3 is 40.9 Å². The molecule has 0 bridgehead atoms. The van der Waals surface area contributed by atoms with E-state index in [0.717, 1.165) is 47.7 Å². The molecule has 1 atom stereocenters. The fraction of sp³-hybridized carbons (Fsp3) is 0.280. The number of carbonyl (C=O) groups is 4. The number of nitrogens with zero attached hydrogens (tertiary/aromatic N) is 2. The van der Waals surface area contributed by atoms with Gasteiger partial charge in [0.15, 0.2) is 5.60 Å². The molecule has 13 heteroatoms. The Kier molecular flexibility index (Phi) is 12.0. The molecule has 0 saturated carbocycles. The van der Waals surface area contributed by atoms with Crippen LogP contribution in [0.2, 0.25) is 0 Å². The summed E-state index contributed by atoms with van der Waals surface area (Å²) in [6.07, 6.45) is 3.07. The van der Waals surface area contributed by atoms with E-state index in [1.807, 2.05) is 58.3 Å². The van der Waals surface area contributed by atoms with Gasteiger partial charge >= 0.3 is 13.1 Å². The van der Waals surface area contributed by atoms with Crippen molar-refractivity contribution in [3.8, 4) is 0 Å². The zero-order valence-electron chi connectivity index (χ0n) is 35.1. The van der Waals surface area contributed by atoms with Gasteiger partial charge in [-0.2, -0.15) is 0 Å². The number of rotatable bonds is 11. The van der Waals surface area contributed by atoms with Gasteiger partial charge in [-0.3, -0.25) is 19.2 Å². The molecule has 12 nitrogen and oxygen atoms in total. The van der Waals surface area contributed by atoms with E-state index in [1.165, 1.54) is 11.1 Å². The summed E-state index contributed by atoms with van der Waals surface area (Å²) in [7, 11) is -1.15. The first-order valence-electron chi connectivity index (χ1n) is 21.8. The molecule has 0 unspecified atom stereocenters. The number of carbonyl (C=O) groups excluding carboxylic acids is 4. The van der Waals surface area contributed by atoms with Gasteiger partial charge in [0.1, 0.15) is 0 Å². The lowest BCUT2D eigenvalue weighted by Gasteiger charge is -2.32. The molecular weight excluding hydrogens is 791 g/mol. The average molecular weight is 843 g/mol. The van der Waals surface area contributed by atoms with Crippen molar-refractivity contribution in [2.45, 2.75) is 62.6 Å². The molecule has 3 fully saturated rings. The number of piperidine rings is 2. The molecule has 3 amide bonds. The number of aromatic nitrogens is 1. The molecule has 3 aliphatic rings. The minimum atomic E-state index is -1.76. The van der Waals surface area contributed by atoms with Crippen LogP contribution < -0.4 is 22.4 Å². The Morgan fingerprint density at radius 3 is 1.87 bits per heavy atom. The Morgan fingerprint density at radius 1 is 0.683 bits per heavy atom. The van der Waals surface area contributed by atoms with E-state index in [2.05, 4.69) is 34.6 Å². The Hall–Kier alpha value is -6.54. The van der Waals surface area contributed by atoms with E-state index < -0.39 is 24.6 Å². The maximum atomic E-state index is 14.0. The van der Waals surface area contributed by atoms with Crippen LogP contribution in [0.15, 0.2) is 127 Å². The first kappa shape index (κ1) is 41.8. The number of nitrogens with two attached hydrogens (primary N) is 2. The zero-order chi connectivity index (χ0) is 43.5. The van der Waals surface area contributed by atoms with E-state index in [1.54, 1.807) is 54.6 Å². The number of benzene rings is 5. The molecule has 3 saturated heterocycles. The molecule has 9 rings (SSSR count). The van der Waals surface area contributed by atoms with E-state index in [4.69, 9.17) is 20.8 Å². The highest BCUT2D eigenvalue weighted by molar-refractivity contribution is 6.64. The van der Waals surface area contributed by atoms with E-state index in [-0.39, 0.29) is 18.2 Å². The molecule has 6 aromatic rings. The highest BCUT2D eigenvalue weighted by Gasteiger charge is 2.56. The van der Waals surface area contributed by atoms with Crippen LogP contribution in [0.4, 0.5) is 5.69 Å². The summed E-state index contributed by atoms with van der Waals surface area (Å²) in [5.74, 6) is -0.597. The molecule has 0 spiro atoms. The van der Waals surface area contributed by atoms with Crippen molar-refractivity contribution in [3.63, 3.8) is 0 Å². The van der Waals surface area contributed by atoms with Crippen LogP contribution in [0.3, 0.4) is 0 Å². The second-order valence-corrected chi connectivity index (χ2v) is 16.9. The SMILES string of the molecule is NCc1cccc(C2CCN(C(=O)c3cccc(NC(=O)C[C@]4(c5ccccc5)OB(c5cc6cc(C(=O)N7CCC(c8cccc(CN)c8)CC7)ccc6[nH]5)OC4=O)c3)CC2)c1. The lowest BCUT2D eigenvalue weighted by Crippen LogP contribution is -2.40. The molecule has 0 radical (unpaired) electrons. The zero-order valence-corrected chi connectivity index (χ0v) is 35.1. The highest BCUT2D eigenvalue weighted by atomic mass is 16.7. The molecule has 320 valence electrons. The number of anilines is 1. The van der Waals surface area contributed by atoms with Gasteiger partial charge in [-0.25, -0.2) is 0 Å². The molecule has 3 aliphatic heterocycles. The summed E-state index contributed by atoms with van der Waals surface area (Å²) in [4.78, 5) is 62.3. The van der Waals surface area contributed by atoms with Crippen LogP contribution >= 0.6 is 0 Å². The predicted molar refractivity (Wildman–Crippen MR) is 243 cm³/mol. The van der Waals surface area contributed by atoms with E-state index in [0.29, 0.717) is 79.1 Å². The van der Waals surface area contributed by atoms with Gasteiger partial charge in [-0.1, -0.05) is 84.9 Å². The van der Waals surface area contributed by atoms with Crippen LogP contribution in [0, 0.1) is 0 Å². The number of nitrogens with one attached hydrogen (secondary N) is 2. The minimum Gasteiger partial charge on any atom is -0.502 e. The van der Waals surface area contributed by atoms with Crippen molar-refractivity contribution >= 4 is 53.0 Å². The third kappa shape index (κ3) is 8.77. The van der Waals surface area contributed by atoms with Crippen LogP contribution in [-0.2, 0) is 37.6 Å². The summed E-state index contributed by atoms with van der Waals surface area (Å²) in [6.45, 7) is 3.55. The number of hydrogen-bond donors (Lipinski definition) is 4. The standard InChI is InChI=1S/C50H51BN6O6/c52-31-33-7-4-9-37(25-33)35-17-21-56(22-18-35)47(59)39-11-6-14-43(28-39)54-46(58)30-50(42-12-2-1-3-13-42)49(61)62-51(63-50)45-29-41-27-40(15-16-44(41)55-45)48(60)57-23-19-36(20-24-57)38-10-5-8-34(26-38)32-53/h1-16,25-29,35-36,55H,17-24,30-32,52-53H2,(H,54,58)/t50-/m1/s1. The average Bonchev–Trinajstić information content (AvgIpc) is 3.92. The highest BCUT2D eigenvalue weighted by Crippen LogP contribution is 2.38. The van der Waals surface area contributed by atoms with Gasteiger partial charge in [0.25, 0.3) is 11.8 Å². The maximum absolute atomic E-state index is 14.0. The number of aromatic amines is 1. The smallest absolute Gasteiger partial charge is 0.502 e. The molecule has 0 aliphatic carbocycles. The third-order valence-corrected chi connectivity index (χ3v) is 12.9. The normalized spacial score (nSPS) is 18.4. The quantitative estimate of drug-likeness (QED) is 0.110. The Bertz CT molecular complexity index is 2650. The van der Waals surface area contributed by atoms with E-state index >= 15 is 0 Å². The largest absolute Gasteiger partial charge is 0.583 e. The number of hydrogen-bond acceptors (Lipinski definition) is 8. The maximum Gasteiger partial charge on any atom is 0.583 e. The number of likely N-dealkylation sites (tertiary alicyclic amines) is 2. The fourth-order valence-corrected chi connectivity index (χ4v) is 9.40. The van der Waals surface area contributed by atoms with Crippen molar-refractivity contribution in [2.75, 3.05) is 31.5 Å². The number of H-pyrrole nitrogens is 1. The molecular formula is C50H51BN6O6. The Morgan fingerprint density at radius 2 is 1.27 bits per heavy atom. The van der Waals surface area contributed by atoms with Crippen molar-refractivity contribution in [2.24, 2.45) is 11.5 Å².